The molecule has 0 aliphatic rings. The second-order valence-corrected chi connectivity index (χ2v) is 5.26. The first kappa shape index (κ1) is 16.3. The third-order valence-corrected chi connectivity index (χ3v) is 2.77. The van der Waals surface area contributed by atoms with Gasteiger partial charge in [0.25, 0.3) is 0 Å². The zero-order chi connectivity index (χ0) is 13.0. The third kappa shape index (κ3) is 11.5. The van der Waals surface area contributed by atoms with E-state index in [0.717, 1.165) is 12.8 Å². The summed E-state index contributed by atoms with van der Waals surface area (Å²) in [5, 5.41) is 4.61. The van der Waals surface area contributed by atoms with Crippen molar-refractivity contribution in [2.45, 2.75) is 78.2 Å². The average molecular weight is 236 g/mol. The molecule has 0 aromatic heterocycles. The molecule has 17 heavy (non-hydrogen) atoms. The Morgan fingerprint density at radius 1 is 0.941 bits per heavy atom. The summed E-state index contributed by atoms with van der Waals surface area (Å²) < 4.78 is 0. The fourth-order valence-corrected chi connectivity index (χ4v) is 1.61. The van der Waals surface area contributed by atoms with Crippen molar-refractivity contribution in [2.75, 3.05) is 0 Å². The molecule has 0 aliphatic carbocycles. The van der Waals surface area contributed by atoms with E-state index in [1.54, 1.807) is 0 Å². The fraction of sp³-hybridized carbons (Fsp3) is 0.750. The molecule has 1 nitrogen and oxygen atoms in total. The first-order valence-corrected chi connectivity index (χ1v) is 7.14. The highest BCUT2D eigenvalue weighted by Crippen LogP contribution is 2.11. The van der Waals surface area contributed by atoms with Gasteiger partial charge < -0.3 is 0 Å². The normalized spacial score (nSPS) is 12.7. The van der Waals surface area contributed by atoms with Crippen molar-refractivity contribution in [1.82, 2.24) is 5.32 Å². The molecular weight excluding hydrogens is 206 g/mol. The predicted octanol–water partition coefficient (Wildman–Crippen LogP) is 5.21. The summed E-state index contributed by atoms with van der Waals surface area (Å²) in [4.78, 5) is 0. The van der Waals surface area contributed by atoms with Crippen LogP contribution in [0.15, 0.2) is 24.4 Å². The van der Waals surface area contributed by atoms with Crippen LogP contribution >= 0.6 is 0 Å². The van der Waals surface area contributed by atoms with E-state index in [-0.39, 0.29) is 5.54 Å². The average Bonchev–Trinajstić information content (AvgIpc) is 2.28. The molecule has 0 aromatic carbocycles. The van der Waals surface area contributed by atoms with Crippen LogP contribution in [0.3, 0.4) is 0 Å². The van der Waals surface area contributed by atoms with Gasteiger partial charge in [-0.05, 0) is 39.5 Å². The summed E-state index contributed by atoms with van der Waals surface area (Å²) in [5.41, 5.74) is 0.0472. The highest BCUT2D eigenvalue weighted by Gasteiger charge is 2.14. The number of unbranched alkanes of at least 4 members (excludes halogenated alkanes) is 4. The number of hydrogen-bond donors (Lipinski definition) is 0. The van der Waals surface area contributed by atoms with Crippen molar-refractivity contribution >= 4 is 0 Å². The van der Waals surface area contributed by atoms with E-state index in [9.17, 15) is 0 Å². The number of rotatable bonds is 10. The van der Waals surface area contributed by atoms with Crippen LogP contribution in [0.2, 0.25) is 0 Å². The van der Waals surface area contributed by atoms with E-state index < -0.39 is 0 Å². The first-order valence-electron chi connectivity index (χ1n) is 7.14. The summed E-state index contributed by atoms with van der Waals surface area (Å²) in [6.07, 6.45) is 17.3. The Morgan fingerprint density at radius 3 is 2.35 bits per heavy atom. The highest BCUT2D eigenvalue weighted by atomic mass is 14.9. The topological polar surface area (TPSA) is 14.1 Å². The van der Waals surface area contributed by atoms with E-state index in [4.69, 9.17) is 0 Å². The Balaban J connectivity index is 3.62. The van der Waals surface area contributed by atoms with Crippen molar-refractivity contribution < 1.29 is 0 Å². The number of allylic oxidation sites excluding steroid dienone is 2. The molecule has 0 spiro atoms. The van der Waals surface area contributed by atoms with Gasteiger partial charge in [-0.15, -0.1) is 0 Å². The van der Waals surface area contributed by atoms with E-state index in [0.29, 0.717) is 0 Å². The van der Waals surface area contributed by atoms with Crippen molar-refractivity contribution in [3.05, 3.63) is 24.4 Å². The van der Waals surface area contributed by atoms with Gasteiger partial charge in [-0.2, -0.15) is 0 Å². The summed E-state index contributed by atoms with van der Waals surface area (Å²) in [6, 6.07) is 0. The van der Waals surface area contributed by atoms with Crippen LogP contribution in [0.1, 0.15) is 72.6 Å². The van der Waals surface area contributed by atoms with E-state index in [1.807, 2.05) is 6.20 Å². The number of nitrogens with zero attached hydrogens (tertiary/aromatic N) is 1. The Morgan fingerprint density at radius 2 is 1.71 bits per heavy atom. The molecular formula is C16H30N. The maximum atomic E-state index is 4.61. The lowest BCUT2D eigenvalue weighted by atomic mass is 10.0. The molecule has 0 fully saturated rings. The van der Waals surface area contributed by atoms with Gasteiger partial charge in [0, 0.05) is 6.20 Å². The molecule has 0 aliphatic heterocycles. The van der Waals surface area contributed by atoms with E-state index in [1.165, 1.54) is 32.1 Å². The van der Waals surface area contributed by atoms with E-state index in [2.05, 4.69) is 51.2 Å². The van der Waals surface area contributed by atoms with Gasteiger partial charge in [0.1, 0.15) is 0 Å². The zero-order valence-electron chi connectivity index (χ0n) is 12.2. The summed E-state index contributed by atoms with van der Waals surface area (Å²) in [6.45, 7) is 8.79. The van der Waals surface area contributed by atoms with Crippen molar-refractivity contribution in [2.24, 2.45) is 0 Å². The Kier molecular flexibility index (Phi) is 9.99. The zero-order valence-corrected chi connectivity index (χ0v) is 12.2. The third-order valence-electron chi connectivity index (χ3n) is 2.77. The van der Waals surface area contributed by atoms with Crippen LogP contribution in [-0.4, -0.2) is 5.54 Å². The van der Waals surface area contributed by atoms with Gasteiger partial charge in [-0.25, -0.2) is 0 Å². The second-order valence-electron chi connectivity index (χ2n) is 5.26. The summed E-state index contributed by atoms with van der Waals surface area (Å²) in [7, 11) is 0. The quantitative estimate of drug-likeness (QED) is 0.365. The van der Waals surface area contributed by atoms with Crippen molar-refractivity contribution in [1.29, 1.82) is 0 Å². The van der Waals surface area contributed by atoms with Gasteiger partial charge in [0.15, 0.2) is 0 Å². The lowest BCUT2D eigenvalue weighted by Crippen LogP contribution is -2.28. The summed E-state index contributed by atoms with van der Waals surface area (Å²) >= 11 is 0. The maximum absolute atomic E-state index is 4.61. The molecule has 0 atom stereocenters. The SMILES string of the molecule is CC/C=C/CC(C)(C)[N]/C=C/CCCCCC. The van der Waals surface area contributed by atoms with Crippen LogP contribution in [0.5, 0.6) is 0 Å². The molecule has 0 unspecified atom stereocenters. The molecule has 0 saturated carbocycles. The molecule has 0 bridgehead atoms. The van der Waals surface area contributed by atoms with Gasteiger partial charge in [-0.1, -0.05) is 51.3 Å². The minimum Gasteiger partial charge on any atom is -0.287 e. The highest BCUT2D eigenvalue weighted by molar-refractivity contribution is 4.94. The standard InChI is InChI=1S/C16H30N/c1-5-7-9-10-11-13-15-17-16(3,4)14-12-8-6-2/h8,12-13,15H,5-7,9-11,14H2,1-4H3/b12-8+,15-13+. The fourth-order valence-electron chi connectivity index (χ4n) is 1.61. The predicted molar refractivity (Wildman–Crippen MR) is 78.2 cm³/mol. The molecule has 0 heterocycles. The molecule has 1 radical (unpaired) electrons. The Labute approximate surface area is 108 Å². The minimum atomic E-state index is 0.0472. The second kappa shape index (κ2) is 10.4. The van der Waals surface area contributed by atoms with Crippen LogP contribution in [0.4, 0.5) is 0 Å². The van der Waals surface area contributed by atoms with Gasteiger partial charge in [0.05, 0.1) is 5.54 Å². The lowest BCUT2D eigenvalue weighted by Gasteiger charge is -2.20. The first-order chi connectivity index (χ1) is 8.12. The molecule has 0 amide bonds. The molecule has 99 valence electrons. The monoisotopic (exact) mass is 236 g/mol. The van der Waals surface area contributed by atoms with Crippen molar-refractivity contribution in [3.8, 4) is 0 Å². The van der Waals surface area contributed by atoms with Gasteiger partial charge >= 0.3 is 0 Å². The minimum absolute atomic E-state index is 0.0472. The maximum Gasteiger partial charge on any atom is 0.0586 e. The van der Waals surface area contributed by atoms with E-state index >= 15 is 0 Å². The van der Waals surface area contributed by atoms with Crippen LogP contribution in [0.25, 0.3) is 0 Å². The Hall–Kier alpha value is -0.720. The van der Waals surface area contributed by atoms with Crippen LogP contribution < -0.4 is 5.32 Å². The van der Waals surface area contributed by atoms with Gasteiger partial charge in [-0.3, -0.25) is 5.32 Å². The van der Waals surface area contributed by atoms with Crippen LogP contribution in [0, 0.1) is 0 Å². The number of hydrogen-bond acceptors (Lipinski definition) is 0. The van der Waals surface area contributed by atoms with Crippen molar-refractivity contribution in [3.63, 3.8) is 0 Å². The Bertz CT molecular complexity index is 214. The largest absolute Gasteiger partial charge is 0.287 e. The molecule has 0 aromatic rings. The smallest absolute Gasteiger partial charge is 0.0586 e. The molecule has 0 saturated heterocycles. The molecule has 0 rings (SSSR count). The van der Waals surface area contributed by atoms with Gasteiger partial charge in [0.2, 0.25) is 0 Å². The molecule has 0 N–H and O–H groups in total. The molecule has 1 heteroatoms. The summed E-state index contributed by atoms with van der Waals surface area (Å²) in [5.74, 6) is 0. The van der Waals surface area contributed by atoms with Crippen LogP contribution in [-0.2, 0) is 0 Å². The lowest BCUT2D eigenvalue weighted by molar-refractivity contribution is 0.439.